The molecule has 1 aliphatic rings. The third kappa shape index (κ3) is 2.83. The highest BCUT2D eigenvalue weighted by molar-refractivity contribution is 5.63. The van der Waals surface area contributed by atoms with Crippen molar-refractivity contribution in [2.24, 2.45) is 0 Å². The van der Waals surface area contributed by atoms with Crippen LogP contribution in [0.25, 0.3) is 0 Å². The van der Waals surface area contributed by atoms with Crippen molar-refractivity contribution in [3.63, 3.8) is 0 Å². The van der Waals surface area contributed by atoms with Crippen molar-refractivity contribution in [1.29, 1.82) is 0 Å². The van der Waals surface area contributed by atoms with Gasteiger partial charge in [0.1, 0.15) is 17.1 Å². The molecular formula is C15H23NO4. The summed E-state index contributed by atoms with van der Waals surface area (Å²) in [6.07, 6.45) is 0.903. The van der Waals surface area contributed by atoms with Gasteiger partial charge in [-0.25, -0.2) is 0 Å². The van der Waals surface area contributed by atoms with E-state index in [-0.39, 0.29) is 18.0 Å². The lowest BCUT2D eigenvalue weighted by Crippen LogP contribution is -2.52. The molecule has 0 bridgehead atoms. The molecule has 0 saturated heterocycles. The number of nitrogens with zero attached hydrogens (tertiary/aromatic N) is 1. The standard InChI is InChI=1S/C15H23NO4/c1-3-15(4-2)10-16(8-12(19)9-17)13-7-11(18)5-6-14(13)20-15/h5-7,12,17-19H,3-4,8-10H2,1-2H3. The Morgan fingerprint density at radius 3 is 2.65 bits per heavy atom. The summed E-state index contributed by atoms with van der Waals surface area (Å²) in [7, 11) is 0. The van der Waals surface area contributed by atoms with Gasteiger partial charge in [0.2, 0.25) is 0 Å². The highest BCUT2D eigenvalue weighted by Crippen LogP contribution is 2.41. The van der Waals surface area contributed by atoms with Gasteiger partial charge in [0, 0.05) is 12.6 Å². The summed E-state index contributed by atoms with van der Waals surface area (Å²) in [5.74, 6) is 0.874. The molecule has 0 spiro atoms. The Morgan fingerprint density at radius 1 is 1.35 bits per heavy atom. The third-order valence-corrected chi connectivity index (χ3v) is 4.02. The Kier molecular flexibility index (Phi) is 4.40. The molecule has 5 nitrogen and oxygen atoms in total. The van der Waals surface area contributed by atoms with Gasteiger partial charge in [0.05, 0.1) is 24.9 Å². The first-order chi connectivity index (χ1) is 9.53. The van der Waals surface area contributed by atoms with Crippen LogP contribution in [-0.4, -0.2) is 46.7 Å². The fourth-order valence-electron chi connectivity index (χ4n) is 2.63. The zero-order valence-corrected chi connectivity index (χ0v) is 12.0. The quantitative estimate of drug-likeness (QED) is 0.763. The molecule has 0 saturated carbocycles. The molecule has 20 heavy (non-hydrogen) atoms. The van der Waals surface area contributed by atoms with Crippen molar-refractivity contribution in [2.45, 2.75) is 38.4 Å². The van der Waals surface area contributed by atoms with E-state index in [9.17, 15) is 10.2 Å². The number of aromatic hydroxyl groups is 1. The van der Waals surface area contributed by atoms with E-state index >= 15 is 0 Å². The van der Waals surface area contributed by atoms with Crippen molar-refractivity contribution in [3.8, 4) is 11.5 Å². The van der Waals surface area contributed by atoms with Crippen LogP contribution < -0.4 is 9.64 Å². The number of hydrogen-bond donors (Lipinski definition) is 3. The molecule has 112 valence electrons. The van der Waals surface area contributed by atoms with E-state index in [0.29, 0.717) is 18.8 Å². The van der Waals surface area contributed by atoms with Crippen LogP contribution in [0.3, 0.4) is 0 Å². The number of aliphatic hydroxyl groups excluding tert-OH is 2. The first kappa shape index (κ1) is 14.9. The summed E-state index contributed by atoms with van der Waals surface area (Å²) < 4.78 is 6.12. The molecule has 0 aliphatic carbocycles. The normalized spacial score (nSPS) is 18.3. The molecule has 1 aliphatic heterocycles. The van der Waals surface area contributed by atoms with Crippen LogP contribution in [0.1, 0.15) is 26.7 Å². The molecule has 0 radical (unpaired) electrons. The lowest BCUT2D eigenvalue weighted by Gasteiger charge is -2.44. The predicted octanol–water partition coefficient (Wildman–Crippen LogP) is 1.50. The first-order valence-corrected chi connectivity index (χ1v) is 7.09. The van der Waals surface area contributed by atoms with Gasteiger partial charge in [0.15, 0.2) is 0 Å². The molecule has 1 unspecified atom stereocenters. The average Bonchev–Trinajstić information content (AvgIpc) is 2.47. The van der Waals surface area contributed by atoms with Crippen LogP contribution in [0.2, 0.25) is 0 Å². The number of benzene rings is 1. The van der Waals surface area contributed by atoms with Gasteiger partial charge in [-0.2, -0.15) is 0 Å². The molecule has 0 amide bonds. The van der Waals surface area contributed by atoms with E-state index in [0.717, 1.165) is 18.5 Å². The number of phenolic OH excluding ortho intramolecular Hbond substituents is 1. The number of hydrogen-bond acceptors (Lipinski definition) is 5. The molecule has 1 aromatic rings. The van der Waals surface area contributed by atoms with Crippen LogP contribution >= 0.6 is 0 Å². The summed E-state index contributed by atoms with van der Waals surface area (Å²) in [5.41, 5.74) is 0.467. The van der Waals surface area contributed by atoms with E-state index in [1.165, 1.54) is 0 Å². The summed E-state index contributed by atoms with van der Waals surface area (Å²) in [5, 5.41) is 28.4. The van der Waals surface area contributed by atoms with Gasteiger partial charge in [-0.1, -0.05) is 13.8 Å². The SMILES string of the molecule is CCC1(CC)CN(CC(O)CO)c2cc(O)ccc2O1. The fourth-order valence-corrected chi connectivity index (χ4v) is 2.63. The molecule has 1 heterocycles. The summed E-state index contributed by atoms with van der Waals surface area (Å²) >= 11 is 0. The number of rotatable bonds is 5. The van der Waals surface area contributed by atoms with E-state index in [2.05, 4.69) is 13.8 Å². The maximum atomic E-state index is 9.73. The van der Waals surface area contributed by atoms with Gasteiger partial charge in [0.25, 0.3) is 0 Å². The van der Waals surface area contributed by atoms with Crippen molar-refractivity contribution < 1.29 is 20.1 Å². The van der Waals surface area contributed by atoms with Crippen LogP contribution in [0.15, 0.2) is 18.2 Å². The number of anilines is 1. The van der Waals surface area contributed by atoms with Crippen LogP contribution in [0, 0.1) is 0 Å². The zero-order chi connectivity index (χ0) is 14.8. The summed E-state index contributed by atoms with van der Waals surface area (Å²) in [4.78, 5) is 1.98. The Hall–Kier alpha value is -1.46. The van der Waals surface area contributed by atoms with Gasteiger partial charge >= 0.3 is 0 Å². The number of ether oxygens (including phenoxy) is 1. The molecule has 0 aromatic heterocycles. The van der Waals surface area contributed by atoms with Gasteiger partial charge < -0.3 is 25.0 Å². The second kappa shape index (κ2) is 5.89. The van der Waals surface area contributed by atoms with E-state index in [4.69, 9.17) is 9.84 Å². The molecular weight excluding hydrogens is 258 g/mol. The summed E-state index contributed by atoms with van der Waals surface area (Å²) in [6, 6.07) is 4.98. The van der Waals surface area contributed by atoms with Crippen LogP contribution in [-0.2, 0) is 0 Å². The molecule has 1 atom stereocenters. The number of fused-ring (bicyclic) bond motifs is 1. The second-order valence-electron chi connectivity index (χ2n) is 5.36. The third-order valence-electron chi connectivity index (χ3n) is 4.02. The van der Waals surface area contributed by atoms with Crippen molar-refractivity contribution in [2.75, 3.05) is 24.6 Å². The average molecular weight is 281 g/mol. The van der Waals surface area contributed by atoms with E-state index in [1.54, 1.807) is 18.2 Å². The Balaban J connectivity index is 2.36. The molecule has 0 fully saturated rings. The smallest absolute Gasteiger partial charge is 0.143 e. The number of aliphatic hydroxyl groups is 2. The van der Waals surface area contributed by atoms with Crippen LogP contribution in [0.5, 0.6) is 11.5 Å². The van der Waals surface area contributed by atoms with Gasteiger partial charge in [-0.15, -0.1) is 0 Å². The second-order valence-corrected chi connectivity index (χ2v) is 5.36. The maximum absolute atomic E-state index is 9.73. The lowest BCUT2D eigenvalue weighted by atomic mass is 9.93. The monoisotopic (exact) mass is 281 g/mol. The Bertz CT molecular complexity index is 459. The summed E-state index contributed by atoms with van der Waals surface area (Å²) in [6.45, 7) is 4.83. The molecule has 1 aromatic carbocycles. The van der Waals surface area contributed by atoms with E-state index < -0.39 is 6.10 Å². The highest BCUT2D eigenvalue weighted by atomic mass is 16.5. The van der Waals surface area contributed by atoms with Gasteiger partial charge in [-0.05, 0) is 25.0 Å². The molecule has 5 heteroatoms. The number of phenols is 1. The largest absolute Gasteiger partial charge is 0.508 e. The number of β-amino-alcohol motifs (C(OH)–C–C–N with tert-alkyl or cyclic N) is 1. The lowest BCUT2D eigenvalue weighted by molar-refractivity contribution is 0.0486. The zero-order valence-electron chi connectivity index (χ0n) is 12.0. The molecule has 3 N–H and O–H groups in total. The molecule has 2 rings (SSSR count). The van der Waals surface area contributed by atoms with E-state index in [1.807, 2.05) is 4.90 Å². The minimum Gasteiger partial charge on any atom is -0.508 e. The van der Waals surface area contributed by atoms with Crippen molar-refractivity contribution in [1.82, 2.24) is 0 Å². The topological polar surface area (TPSA) is 73.2 Å². The van der Waals surface area contributed by atoms with Gasteiger partial charge in [-0.3, -0.25) is 0 Å². The minimum absolute atomic E-state index is 0.163. The maximum Gasteiger partial charge on any atom is 0.143 e. The van der Waals surface area contributed by atoms with Crippen molar-refractivity contribution >= 4 is 5.69 Å². The van der Waals surface area contributed by atoms with Crippen molar-refractivity contribution in [3.05, 3.63) is 18.2 Å². The Labute approximate surface area is 119 Å². The highest BCUT2D eigenvalue weighted by Gasteiger charge is 2.37. The first-order valence-electron chi connectivity index (χ1n) is 7.09. The minimum atomic E-state index is -0.810. The predicted molar refractivity (Wildman–Crippen MR) is 77.4 cm³/mol. The Morgan fingerprint density at radius 2 is 2.05 bits per heavy atom. The fraction of sp³-hybridized carbons (Fsp3) is 0.600. The van der Waals surface area contributed by atoms with Crippen LogP contribution in [0.4, 0.5) is 5.69 Å².